The molecule has 17 heavy (non-hydrogen) atoms. The molecule has 0 radical (unpaired) electrons. The molecule has 0 spiro atoms. The number of hydrogen-bond donors (Lipinski definition) is 0. The number of nitrogens with zero attached hydrogens (tertiary/aromatic N) is 2. The van der Waals surface area contributed by atoms with Crippen LogP contribution in [-0.4, -0.2) is 10.8 Å². The first kappa shape index (κ1) is 13.9. The van der Waals surface area contributed by atoms with Gasteiger partial charge in [0, 0.05) is 18.1 Å². The van der Waals surface area contributed by atoms with Crippen molar-refractivity contribution in [3.8, 4) is 0 Å². The first-order valence-corrected chi connectivity index (χ1v) is 6.32. The number of hydrogen-bond acceptors (Lipinski definition) is 2. The molecule has 1 aromatic heterocycles. The third-order valence-electron chi connectivity index (χ3n) is 2.34. The molecule has 0 amide bonds. The topological polar surface area (TPSA) is 17.3 Å². The van der Waals surface area contributed by atoms with Crippen molar-refractivity contribution in [1.82, 2.24) is 4.57 Å². The summed E-state index contributed by atoms with van der Waals surface area (Å²) in [6, 6.07) is 14.3. The van der Waals surface area contributed by atoms with Crippen molar-refractivity contribution in [3.63, 3.8) is 0 Å². The van der Waals surface area contributed by atoms with Crippen LogP contribution in [0.15, 0.2) is 58.5 Å². The van der Waals surface area contributed by atoms with Gasteiger partial charge in [-0.25, -0.2) is 4.99 Å². The highest BCUT2D eigenvalue weighted by atomic mass is 35.5. The van der Waals surface area contributed by atoms with Crippen LogP contribution in [0.2, 0.25) is 0 Å². The Labute approximate surface area is 112 Å². The Morgan fingerprint density at radius 3 is 2.35 bits per heavy atom. The van der Waals surface area contributed by atoms with Gasteiger partial charge in [0.25, 0.3) is 0 Å². The van der Waals surface area contributed by atoms with Gasteiger partial charge in [-0.2, -0.15) is 0 Å². The van der Waals surface area contributed by atoms with Gasteiger partial charge in [-0.1, -0.05) is 6.07 Å². The van der Waals surface area contributed by atoms with E-state index in [0.29, 0.717) is 0 Å². The first-order chi connectivity index (χ1) is 7.79. The molecule has 1 aromatic carbocycles. The number of aryl methyl sites for hydroxylation is 1. The Hall–Kier alpha value is -1.19. The predicted molar refractivity (Wildman–Crippen MR) is 76.1 cm³/mol. The lowest BCUT2D eigenvalue weighted by Gasteiger charge is -1.99. The Balaban J connectivity index is 0.00000144. The van der Waals surface area contributed by atoms with Crippen LogP contribution in [-0.2, 0) is 7.05 Å². The summed E-state index contributed by atoms with van der Waals surface area (Å²) >= 11 is 1.74. The van der Waals surface area contributed by atoms with Crippen LogP contribution in [0.25, 0.3) is 0 Å². The zero-order valence-electron chi connectivity index (χ0n) is 9.83. The second-order valence-electron chi connectivity index (χ2n) is 3.48. The molecule has 0 N–H and O–H groups in total. The largest absolute Gasteiger partial charge is 0.336 e. The van der Waals surface area contributed by atoms with Gasteiger partial charge in [-0.3, -0.25) is 0 Å². The molecule has 4 heteroatoms. The smallest absolute Gasteiger partial charge is 0.132 e. The van der Waals surface area contributed by atoms with E-state index < -0.39 is 0 Å². The fourth-order valence-corrected chi connectivity index (χ4v) is 1.83. The highest BCUT2D eigenvalue weighted by molar-refractivity contribution is 7.98. The zero-order valence-corrected chi connectivity index (χ0v) is 11.5. The minimum atomic E-state index is 0. The van der Waals surface area contributed by atoms with Gasteiger partial charge in [-0.15, -0.1) is 24.2 Å². The standard InChI is InChI=1S/C13H14N2S.ClH/c1-15-10-4-3-5-13(15)14-11-6-8-12(16-2)9-7-11;/h3-10H,1-2H3;1H. The fourth-order valence-electron chi connectivity index (χ4n) is 1.42. The van der Waals surface area contributed by atoms with Crippen LogP contribution in [0.5, 0.6) is 0 Å². The van der Waals surface area contributed by atoms with Crippen molar-refractivity contribution in [2.75, 3.05) is 6.26 Å². The van der Waals surface area contributed by atoms with E-state index in [1.165, 1.54) is 4.90 Å². The van der Waals surface area contributed by atoms with E-state index in [1.54, 1.807) is 11.8 Å². The molecule has 0 aliphatic heterocycles. The lowest BCUT2D eigenvalue weighted by molar-refractivity contribution is 0.835. The number of pyridine rings is 1. The Morgan fingerprint density at radius 1 is 1.06 bits per heavy atom. The number of halogens is 1. The van der Waals surface area contributed by atoms with Gasteiger partial charge in [0.2, 0.25) is 0 Å². The van der Waals surface area contributed by atoms with Crippen molar-refractivity contribution in [2.45, 2.75) is 4.90 Å². The highest BCUT2D eigenvalue weighted by Gasteiger charge is 1.91. The van der Waals surface area contributed by atoms with Crippen LogP contribution in [0, 0.1) is 0 Å². The molecule has 0 atom stereocenters. The maximum absolute atomic E-state index is 4.57. The molecule has 0 aliphatic rings. The van der Waals surface area contributed by atoms with Gasteiger partial charge < -0.3 is 4.57 Å². The van der Waals surface area contributed by atoms with Crippen LogP contribution < -0.4 is 5.49 Å². The number of thioether (sulfide) groups is 1. The summed E-state index contributed by atoms with van der Waals surface area (Å²) in [6.45, 7) is 0. The molecule has 0 saturated heterocycles. The summed E-state index contributed by atoms with van der Waals surface area (Å²) < 4.78 is 2.00. The minimum Gasteiger partial charge on any atom is -0.336 e. The molecular formula is C13H15ClN2S. The van der Waals surface area contributed by atoms with Crippen LogP contribution in [0.3, 0.4) is 0 Å². The molecule has 2 nitrogen and oxygen atoms in total. The number of aromatic nitrogens is 1. The summed E-state index contributed by atoms with van der Waals surface area (Å²) in [4.78, 5) is 5.83. The second kappa shape index (κ2) is 6.52. The minimum absolute atomic E-state index is 0. The number of benzene rings is 1. The normalized spacial score (nSPS) is 11.1. The molecule has 0 unspecified atom stereocenters. The van der Waals surface area contributed by atoms with E-state index in [9.17, 15) is 0 Å². The predicted octanol–water partition coefficient (Wildman–Crippen LogP) is 3.40. The highest BCUT2D eigenvalue weighted by Crippen LogP contribution is 2.18. The lowest BCUT2D eigenvalue weighted by Crippen LogP contribution is -2.15. The third kappa shape index (κ3) is 3.65. The fraction of sp³-hybridized carbons (Fsp3) is 0.154. The van der Waals surface area contributed by atoms with E-state index in [-0.39, 0.29) is 12.4 Å². The van der Waals surface area contributed by atoms with E-state index in [2.05, 4.69) is 23.4 Å². The van der Waals surface area contributed by atoms with Crippen molar-refractivity contribution < 1.29 is 0 Å². The summed E-state index contributed by atoms with van der Waals surface area (Å²) in [5.41, 5.74) is 1.94. The Bertz CT molecular complexity index is 532. The van der Waals surface area contributed by atoms with Crippen LogP contribution in [0.1, 0.15) is 0 Å². The van der Waals surface area contributed by atoms with Gasteiger partial charge in [0.15, 0.2) is 0 Å². The molecule has 1 heterocycles. The average Bonchev–Trinajstić information content (AvgIpc) is 2.33. The van der Waals surface area contributed by atoms with E-state index in [0.717, 1.165) is 11.2 Å². The molecule has 90 valence electrons. The Kier molecular flexibility index (Phi) is 5.32. The van der Waals surface area contributed by atoms with E-state index in [1.807, 2.05) is 48.1 Å². The summed E-state index contributed by atoms with van der Waals surface area (Å²) in [7, 11) is 2.00. The van der Waals surface area contributed by atoms with Gasteiger partial charge in [-0.05, 0) is 42.7 Å². The maximum atomic E-state index is 4.57. The summed E-state index contributed by atoms with van der Waals surface area (Å²) in [6.07, 6.45) is 4.07. The summed E-state index contributed by atoms with van der Waals surface area (Å²) in [5, 5.41) is 0. The van der Waals surface area contributed by atoms with Gasteiger partial charge in [0.05, 0.1) is 5.69 Å². The quantitative estimate of drug-likeness (QED) is 0.762. The summed E-state index contributed by atoms with van der Waals surface area (Å²) in [5.74, 6) is 0. The molecule has 2 rings (SSSR count). The molecule has 2 aromatic rings. The van der Waals surface area contributed by atoms with Crippen molar-refractivity contribution in [1.29, 1.82) is 0 Å². The maximum Gasteiger partial charge on any atom is 0.132 e. The molecule has 0 saturated carbocycles. The SMILES string of the molecule is CSc1ccc(N=c2ccccn2C)cc1.Cl. The third-order valence-corrected chi connectivity index (χ3v) is 3.09. The van der Waals surface area contributed by atoms with E-state index in [4.69, 9.17) is 0 Å². The molecular weight excluding hydrogens is 252 g/mol. The van der Waals surface area contributed by atoms with Gasteiger partial charge in [0.1, 0.15) is 5.49 Å². The Morgan fingerprint density at radius 2 is 1.76 bits per heavy atom. The van der Waals surface area contributed by atoms with Crippen molar-refractivity contribution >= 4 is 29.9 Å². The average molecular weight is 267 g/mol. The van der Waals surface area contributed by atoms with Crippen molar-refractivity contribution in [2.24, 2.45) is 12.0 Å². The van der Waals surface area contributed by atoms with Crippen molar-refractivity contribution in [3.05, 3.63) is 54.1 Å². The number of rotatable bonds is 2. The lowest BCUT2D eigenvalue weighted by atomic mass is 10.3. The monoisotopic (exact) mass is 266 g/mol. The second-order valence-corrected chi connectivity index (χ2v) is 4.36. The molecule has 0 aliphatic carbocycles. The molecule has 0 bridgehead atoms. The van der Waals surface area contributed by atoms with E-state index >= 15 is 0 Å². The van der Waals surface area contributed by atoms with Gasteiger partial charge >= 0.3 is 0 Å². The van der Waals surface area contributed by atoms with Crippen LogP contribution >= 0.6 is 24.2 Å². The first-order valence-electron chi connectivity index (χ1n) is 5.10. The zero-order chi connectivity index (χ0) is 11.4. The molecule has 0 fully saturated rings. The van der Waals surface area contributed by atoms with Crippen LogP contribution in [0.4, 0.5) is 5.69 Å².